The van der Waals surface area contributed by atoms with Gasteiger partial charge in [-0.25, -0.2) is 4.98 Å². The summed E-state index contributed by atoms with van der Waals surface area (Å²) < 4.78 is 11.2. The van der Waals surface area contributed by atoms with Crippen LogP contribution in [0.1, 0.15) is 36.2 Å². The molecule has 1 aromatic heterocycles. The molecule has 0 aliphatic carbocycles. The highest BCUT2D eigenvalue weighted by Gasteiger charge is 2.32. The van der Waals surface area contributed by atoms with Crippen molar-refractivity contribution in [2.24, 2.45) is 0 Å². The average molecular weight is 450 g/mol. The lowest BCUT2D eigenvalue weighted by Gasteiger charge is -2.37. The molecule has 1 aromatic carbocycles. The van der Waals surface area contributed by atoms with E-state index in [0.717, 1.165) is 41.4 Å². The van der Waals surface area contributed by atoms with Gasteiger partial charge < -0.3 is 19.7 Å². The van der Waals surface area contributed by atoms with Gasteiger partial charge in [-0.2, -0.15) is 5.26 Å². The number of carbonyl (C=O) groups excluding carboxylic acids is 1. The molecule has 0 radical (unpaired) electrons. The lowest BCUT2D eigenvalue weighted by molar-refractivity contribution is -0.117. The number of amides is 1. The number of ether oxygens (including phenoxy) is 2. The van der Waals surface area contributed by atoms with Crippen molar-refractivity contribution in [1.29, 1.82) is 5.26 Å². The van der Waals surface area contributed by atoms with Crippen LogP contribution in [-0.2, 0) is 22.6 Å². The lowest BCUT2D eigenvalue weighted by atomic mass is 9.88. The minimum Gasteiger partial charge on any atom is -0.497 e. The van der Waals surface area contributed by atoms with Crippen molar-refractivity contribution in [2.75, 3.05) is 50.1 Å². The molecule has 0 atom stereocenters. The van der Waals surface area contributed by atoms with Crippen LogP contribution in [0.15, 0.2) is 24.3 Å². The van der Waals surface area contributed by atoms with Crippen LogP contribution < -0.4 is 15.0 Å². The second-order valence-corrected chi connectivity index (χ2v) is 9.23. The van der Waals surface area contributed by atoms with Crippen molar-refractivity contribution < 1.29 is 14.3 Å². The van der Waals surface area contributed by atoms with Crippen molar-refractivity contribution in [3.8, 4) is 11.8 Å². The molecule has 33 heavy (non-hydrogen) atoms. The zero-order chi connectivity index (χ0) is 23.6. The van der Waals surface area contributed by atoms with Crippen molar-refractivity contribution >= 4 is 17.4 Å². The molecule has 0 bridgehead atoms. The fourth-order valence-electron chi connectivity index (χ4n) is 4.49. The lowest BCUT2D eigenvalue weighted by Crippen LogP contribution is -2.49. The standard InChI is InChI=1S/C25H31N5O3/c1-17-22-16-33-25(2,3)13-20(22)21(14-26)24(27-17)30-10-8-29(9-11-30)15-23(31)28-18-6-5-7-19(12-18)32-4/h5-7,12H,8-11,13,15-16H2,1-4H3,(H,28,31). The molecule has 0 spiro atoms. The van der Waals surface area contributed by atoms with Crippen LogP contribution in [0.5, 0.6) is 5.75 Å². The predicted octanol–water partition coefficient (Wildman–Crippen LogP) is 2.88. The van der Waals surface area contributed by atoms with Gasteiger partial charge in [0.15, 0.2) is 0 Å². The predicted molar refractivity (Wildman–Crippen MR) is 127 cm³/mol. The highest BCUT2D eigenvalue weighted by atomic mass is 16.5. The van der Waals surface area contributed by atoms with Crippen molar-refractivity contribution in [3.63, 3.8) is 0 Å². The summed E-state index contributed by atoms with van der Waals surface area (Å²) in [7, 11) is 1.60. The molecule has 1 saturated heterocycles. The molecule has 2 aromatic rings. The molecular formula is C25H31N5O3. The Bertz CT molecular complexity index is 1080. The van der Waals surface area contributed by atoms with Gasteiger partial charge in [-0.05, 0) is 38.5 Å². The first-order valence-electron chi connectivity index (χ1n) is 11.3. The Balaban J connectivity index is 1.41. The Kier molecular flexibility index (Phi) is 6.54. The normalized spacial score (nSPS) is 17.7. The van der Waals surface area contributed by atoms with Gasteiger partial charge in [-0.3, -0.25) is 9.69 Å². The van der Waals surface area contributed by atoms with Gasteiger partial charge in [0.1, 0.15) is 17.6 Å². The molecule has 1 fully saturated rings. The zero-order valence-electron chi connectivity index (χ0n) is 19.8. The number of hydrogen-bond donors (Lipinski definition) is 1. The number of nitriles is 1. The average Bonchev–Trinajstić information content (AvgIpc) is 2.78. The van der Waals surface area contributed by atoms with E-state index in [1.54, 1.807) is 13.2 Å². The van der Waals surface area contributed by atoms with Crippen LogP contribution in [0.2, 0.25) is 0 Å². The van der Waals surface area contributed by atoms with E-state index in [-0.39, 0.29) is 11.5 Å². The van der Waals surface area contributed by atoms with Crippen LogP contribution in [0.4, 0.5) is 11.5 Å². The van der Waals surface area contributed by atoms with E-state index in [0.29, 0.717) is 44.0 Å². The van der Waals surface area contributed by atoms with Gasteiger partial charge in [-0.1, -0.05) is 6.07 Å². The Morgan fingerprint density at radius 2 is 2.03 bits per heavy atom. The highest BCUT2D eigenvalue weighted by molar-refractivity contribution is 5.92. The molecule has 174 valence electrons. The Hall–Kier alpha value is -3.15. The van der Waals surface area contributed by atoms with Gasteiger partial charge in [0.05, 0.1) is 31.4 Å². The largest absolute Gasteiger partial charge is 0.497 e. The zero-order valence-corrected chi connectivity index (χ0v) is 19.8. The third kappa shape index (κ3) is 5.10. The summed E-state index contributed by atoms with van der Waals surface area (Å²) in [6, 6.07) is 9.76. The number of piperazine rings is 1. The van der Waals surface area contributed by atoms with E-state index in [2.05, 4.69) is 35.0 Å². The Morgan fingerprint density at radius 3 is 2.73 bits per heavy atom. The summed E-state index contributed by atoms with van der Waals surface area (Å²) >= 11 is 0. The molecule has 1 N–H and O–H groups in total. The molecule has 0 unspecified atom stereocenters. The quantitative estimate of drug-likeness (QED) is 0.751. The van der Waals surface area contributed by atoms with Crippen molar-refractivity contribution in [1.82, 2.24) is 9.88 Å². The molecule has 1 amide bonds. The van der Waals surface area contributed by atoms with E-state index >= 15 is 0 Å². The summed E-state index contributed by atoms with van der Waals surface area (Å²) in [5.74, 6) is 1.41. The first kappa shape index (κ1) is 23.0. The van der Waals surface area contributed by atoms with Crippen LogP contribution in [-0.4, -0.2) is 61.2 Å². The number of methoxy groups -OCH3 is 1. The number of aryl methyl sites for hydroxylation is 1. The summed E-state index contributed by atoms with van der Waals surface area (Å²) in [6.07, 6.45) is 0.700. The first-order chi connectivity index (χ1) is 15.8. The third-order valence-electron chi connectivity index (χ3n) is 6.31. The van der Waals surface area contributed by atoms with Gasteiger partial charge >= 0.3 is 0 Å². The number of fused-ring (bicyclic) bond motifs is 1. The van der Waals surface area contributed by atoms with Crippen LogP contribution in [0, 0.1) is 18.3 Å². The SMILES string of the molecule is COc1cccc(NC(=O)CN2CCN(c3nc(C)c4c(c3C#N)CC(C)(C)OC4)CC2)c1. The maximum atomic E-state index is 12.5. The Morgan fingerprint density at radius 1 is 1.27 bits per heavy atom. The maximum Gasteiger partial charge on any atom is 0.238 e. The van der Waals surface area contributed by atoms with E-state index in [1.807, 2.05) is 25.1 Å². The number of aromatic nitrogens is 1. The molecular weight excluding hydrogens is 418 g/mol. The summed E-state index contributed by atoms with van der Waals surface area (Å²) in [5, 5.41) is 12.9. The number of benzene rings is 1. The van der Waals surface area contributed by atoms with Gasteiger partial charge in [0, 0.05) is 55.6 Å². The third-order valence-corrected chi connectivity index (χ3v) is 6.31. The fraction of sp³-hybridized carbons (Fsp3) is 0.480. The second-order valence-electron chi connectivity index (χ2n) is 9.23. The van der Waals surface area contributed by atoms with Crippen LogP contribution in [0.25, 0.3) is 0 Å². The minimum atomic E-state index is -0.293. The van der Waals surface area contributed by atoms with E-state index < -0.39 is 0 Å². The van der Waals surface area contributed by atoms with Gasteiger partial charge in [0.25, 0.3) is 0 Å². The monoisotopic (exact) mass is 449 g/mol. The van der Waals surface area contributed by atoms with Gasteiger partial charge in [0.2, 0.25) is 5.91 Å². The number of pyridine rings is 1. The number of rotatable bonds is 5. The molecule has 8 heteroatoms. The summed E-state index contributed by atoms with van der Waals surface area (Å²) in [6.45, 7) is 9.79. The smallest absolute Gasteiger partial charge is 0.238 e. The van der Waals surface area contributed by atoms with Gasteiger partial charge in [-0.15, -0.1) is 0 Å². The molecule has 4 rings (SSSR count). The van der Waals surface area contributed by atoms with Crippen molar-refractivity contribution in [2.45, 2.75) is 39.4 Å². The van der Waals surface area contributed by atoms with Crippen LogP contribution in [0.3, 0.4) is 0 Å². The summed E-state index contributed by atoms with van der Waals surface area (Å²) in [5.41, 5.74) is 4.13. The molecule has 3 heterocycles. The number of hydrogen-bond acceptors (Lipinski definition) is 7. The van der Waals surface area contributed by atoms with Crippen LogP contribution >= 0.6 is 0 Å². The maximum absolute atomic E-state index is 12.5. The number of nitrogens with zero attached hydrogens (tertiary/aromatic N) is 4. The number of anilines is 2. The molecule has 2 aliphatic rings. The Labute approximate surface area is 195 Å². The molecule has 0 saturated carbocycles. The fourth-order valence-corrected chi connectivity index (χ4v) is 4.49. The molecule has 2 aliphatic heterocycles. The topological polar surface area (TPSA) is 90.7 Å². The number of nitrogens with one attached hydrogen (secondary N) is 1. The minimum absolute atomic E-state index is 0.0561. The highest BCUT2D eigenvalue weighted by Crippen LogP contribution is 2.35. The number of carbonyl (C=O) groups is 1. The van der Waals surface area contributed by atoms with E-state index in [4.69, 9.17) is 14.5 Å². The van der Waals surface area contributed by atoms with E-state index in [1.165, 1.54) is 0 Å². The summed E-state index contributed by atoms with van der Waals surface area (Å²) in [4.78, 5) is 21.6. The van der Waals surface area contributed by atoms with Crippen molar-refractivity contribution in [3.05, 3.63) is 46.6 Å². The first-order valence-corrected chi connectivity index (χ1v) is 11.3. The molecule has 8 nitrogen and oxygen atoms in total. The second kappa shape index (κ2) is 9.38. The van der Waals surface area contributed by atoms with E-state index in [9.17, 15) is 10.1 Å².